The fraction of sp³-hybridized carbons (Fsp3) is 0.833. The van der Waals surface area contributed by atoms with Crippen LogP contribution in [-0.4, -0.2) is 52.9 Å². The molecule has 1 unspecified atom stereocenters. The topological polar surface area (TPSA) is 40.1 Å². The van der Waals surface area contributed by atoms with E-state index in [0.29, 0.717) is 16.9 Å². The summed E-state index contributed by atoms with van der Waals surface area (Å²) in [5, 5.41) is 7.30. The molecule has 1 aliphatic rings. The van der Waals surface area contributed by atoms with Crippen molar-refractivity contribution in [1.29, 1.82) is 0 Å². The Morgan fingerprint density at radius 3 is 2.83 bits per heavy atom. The first-order chi connectivity index (χ1) is 8.50. The number of likely N-dealkylation sites (tertiary alicyclic amines) is 1. The Hall–Kier alpha value is -0.880. The maximum Gasteiger partial charge on any atom is 0.225 e. The molecule has 2 rings (SSSR count). The normalized spacial score (nSPS) is 21.5. The van der Waals surface area contributed by atoms with Gasteiger partial charge >= 0.3 is 0 Å². The number of nitrogens with one attached hydrogen (secondary N) is 1. The Bertz CT molecular complexity index is 450. The van der Waals surface area contributed by atoms with Crippen molar-refractivity contribution in [2.24, 2.45) is 0 Å². The van der Waals surface area contributed by atoms with Crippen molar-refractivity contribution in [2.75, 3.05) is 32.1 Å². The van der Waals surface area contributed by atoms with E-state index in [-0.39, 0.29) is 0 Å². The average Bonchev–Trinajstić information content (AvgIpc) is 2.70. The Morgan fingerprint density at radius 1 is 1.50 bits per heavy atom. The molecule has 0 amide bonds. The summed E-state index contributed by atoms with van der Waals surface area (Å²) in [6, 6.07) is 0.849. The van der Waals surface area contributed by atoms with Crippen LogP contribution in [0, 0.1) is 4.77 Å². The van der Waals surface area contributed by atoms with E-state index >= 15 is 0 Å². The molecule has 1 aliphatic heterocycles. The van der Waals surface area contributed by atoms with E-state index in [9.17, 15) is 0 Å². The van der Waals surface area contributed by atoms with Crippen molar-refractivity contribution >= 4 is 18.2 Å². The third-order valence-corrected chi connectivity index (χ3v) is 3.95. The van der Waals surface area contributed by atoms with Crippen molar-refractivity contribution in [3.05, 3.63) is 4.77 Å². The zero-order valence-electron chi connectivity index (χ0n) is 11.7. The number of aromatic nitrogens is 3. The maximum absolute atomic E-state index is 5.30. The van der Waals surface area contributed by atoms with Gasteiger partial charge in [0.25, 0.3) is 0 Å². The van der Waals surface area contributed by atoms with Gasteiger partial charge in [0, 0.05) is 25.7 Å². The standard InChI is InChI=1S/C12H23N5S/c1-9(2)17-11(13-14-12(17)18)16(4)10-6-5-7-15(3)8-10/h9-10H,5-8H2,1-4H3,(H,14,18). The van der Waals surface area contributed by atoms with E-state index in [1.54, 1.807) is 0 Å². The molecule has 1 aromatic heterocycles. The Labute approximate surface area is 114 Å². The van der Waals surface area contributed by atoms with Crippen molar-refractivity contribution < 1.29 is 0 Å². The van der Waals surface area contributed by atoms with Crippen molar-refractivity contribution in [2.45, 2.75) is 38.8 Å². The highest BCUT2D eigenvalue weighted by molar-refractivity contribution is 7.71. The van der Waals surface area contributed by atoms with Gasteiger partial charge in [0.05, 0.1) is 0 Å². The van der Waals surface area contributed by atoms with E-state index in [0.717, 1.165) is 12.5 Å². The second-order valence-electron chi connectivity index (χ2n) is 5.46. The number of hydrogen-bond acceptors (Lipinski definition) is 4. The van der Waals surface area contributed by atoms with E-state index in [1.807, 2.05) is 0 Å². The SMILES string of the molecule is CC(C)n1c(N(C)C2CCCN(C)C2)n[nH]c1=S. The molecule has 1 aromatic rings. The molecular formula is C12H23N5S. The number of aromatic amines is 1. The summed E-state index contributed by atoms with van der Waals surface area (Å²) in [5.41, 5.74) is 0. The number of piperidine rings is 1. The second kappa shape index (κ2) is 5.40. The summed E-state index contributed by atoms with van der Waals surface area (Å²) >= 11 is 5.30. The molecule has 1 saturated heterocycles. The Kier molecular flexibility index (Phi) is 4.07. The molecule has 0 radical (unpaired) electrons. The monoisotopic (exact) mass is 269 g/mol. The predicted molar refractivity (Wildman–Crippen MR) is 76.7 cm³/mol. The Balaban J connectivity index is 2.23. The number of likely N-dealkylation sites (N-methyl/N-ethyl adjacent to an activating group) is 2. The molecule has 2 heterocycles. The highest BCUT2D eigenvalue weighted by Gasteiger charge is 2.24. The molecule has 102 valence electrons. The number of nitrogens with zero attached hydrogens (tertiary/aromatic N) is 4. The fourth-order valence-electron chi connectivity index (χ4n) is 2.63. The van der Waals surface area contributed by atoms with Gasteiger partial charge < -0.3 is 9.80 Å². The van der Waals surface area contributed by atoms with E-state index in [1.165, 1.54) is 19.4 Å². The lowest BCUT2D eigenvalue weighted by molar-refractivity contribution is 0.246. The van der Waals surface area contributed by atoms with Crippen LogP contribution in [0.5, 0.6) is 0 Å². The van der Waals surface area contributed by atoms with Gasteiger partial charge in [-0.15, -0.1) is 5.10 Å². The van der Waals surface area contributed by atoms with Crippen LogP contribution < -0.4 is 4.90 Å². The van der Waals surface area contributed by atoms with Crippen molar-refractivity contribution in [3.63, 3.8) is 0 Å². The van der Waals surface area contributed by atoms with Gasteiger partial charge in [-0.05, 0) is 52.5 Å². The predicted octanol–water partition coefficient (Wildman–Crippen LogP) is 2.05. The second-order valence-corrected chi connectivity index (χ2v) is 5.85. The van der Waals surface area contributed by atoms with E-state index in [2.05, 4.69) is 52.5 Å². The highest BCUT2D eigenvalue weighted by atomic mass is 32.1. The van der Waals surface area contributed by atoms with Crippen molar-refractivity contribution in [3.8, 4) is 0 Å². The van der Waals surface area contributed by atoms with Gasteiger partial charge in [-0.2, -0.15) is 0 Å². The molecule has 1 atom stereocenters. The molecule has 5 nitrogen and oxygen atoms in total. The molecule has 0 aromatic carbocycles. The van der Waals surface area contributed by atoms with Crippen LogP contribution in [0.1, 0.15) is 32.7 Å². The van der Waals surface area contributed by atoms with Gasteiger partial charge in [-0.3, -0.25) is 4.57 Å². The number of hydrogen-bond donors (Lipinski definition) is 1. The van der Waals surface area contributed by atoms with Gasteiger partial charge in [0.1, 0.15) is 0 Å². The molecular weight excluding hydrogens is 246 g/mol. The molecule has 0 spiro atoms. The molecule has 1 fully saturated rings. The van der Waals surface area contributed by atoms with Crippen molar-refractivity contribution in [1.82, 2.24) is 19.7 Å². The minimum absolute atomic E-state index is 0.329. The van der Waals surface area contributed by atoms with Crippen LogP contribution in [0.25, 0.3) is 0 Å². The van der Waals surface area contributed by atoms with Gasteiger partial charge in [0.15, 0.2) is 4.77 Å². The molecule has 0 bridgehead atoms. The first kappa shape index (κ1) is 13.5. The summed E-state index contributed by atoms with van der Waals surface area (Å²) in [5.74, 6) is 0.954. The summed E-state index contributed by atoms with van der Waals surface area (Å²) in [4.78, 5) is 4.65. The smallest absolute Gasteiger partial charge is 0.225 e. The van der Waals surface area contributed by atoms with Gasteiger partial charge in [0.2, 0.25) is 5.95 Å². The highest BCUT2D eigenvalue weighted by Crippen LogP contribution is 2.22. The molecule has 0 aliphatic carbocycles. The zero-order chi connectivity index (χ0) is 13.3. The third-order valence-electron chi connectivity index (χ3n) is 3.67. The lowest BCUT2D eigenvalue weighted by Crippen LogP contribution is -2.46. The summed E-state index contributed by atoms with van der Waals surface area (Å²) in [7, 11) is 4.30. The largest absolute Gasteiger partial charge is 0.340 e. The van der Waals surface area contributed by atoms with Crippen LogP contribution in [-0.2, 0) is 0 Å². The Morgan fingerprint density at radius 2 is 2.22 bits per heavy atom. The van der Waals surface area contributed by atoms with Crippen LogP contribution in [0.15, 0.2) is 0 Å². The van der Waals surface area contributed by atoms with Gasteiger partial charge in [-0.25, -0.2) is 5.10 Å². The number of anilines is 1. The number of rotatable bonds is 3. The lowest BCUT2D eigenvalue weighted by Gasteiger charge is -2.36. The summed E-state index contributed by atoms with van der Waals surface area (Å²) < 4.78 is 2.79. The first-order valence-electron chi connectivity index (χ1n) is 6.59. The maximum atomic E-state index is 5.30. The fourth-order valence-corrected chi connectivity index (χ4v) is 2.97. The summed E-state index contributed by atoms with van der Waals surface area (Å²) in [6.07, 6.45) is 2.47. The van der Waals surface area contributed by atoms with Crippen LogP contribution in [0.2, 0.25) is 0 Å². The minimum Gasteiger partial charge on any atom is -0.340 e. The minimum atomic E-state index is 0.329. The summed E-state index contributed by atoms with van der Waals surface area (Å²) in [6.45, 7) is 6.56. The van der Waals surface area contributed by atoms with Crippen LogP contribution >= 0.6 is 12.2 Å². The molecule has 1 N–H and O–H groups in total. The third kappa shape index (κ3) is 2.59. The first-order valence-corrected chi connectivity index (χ1v) is 6.99. The lowest BCUT2D eigenvalue weighted by atomic mass is 10.1. The average molecular weight is 269 g/mol. The van der Waals surface area contributed by atoms with E-state index < -0.39 is 0 Å². The van der Waals surface area contributed by atoms with E-state index in [4.69, 9.17) is 12.2 Å². The van der Waals surface area contributed by atoms with Gasteiger partial charge in [-0.1, -0.05) is 0 Å². The van der Waals surface area contributed by atoms with Crippen LogP contribution in [0.3, 0.4) is 0 Å². The molecule has 18 heavy (non-hydrogen) atoms. The molecule has 6 heteroatoms. The number of H-pyrrole nitrogens is 1. The zero-order valence-corrected chi connectivity index (χ0v) is 12.5. The quantitative estimate of drug-likeness (QED) is 0.853. The van der Waals surface area contributed by atoms with Crippen LogP contribution in [0.4, 0.5) is 5.95 Å². The molecule has 0 saturated carbocycles.